The van der Waals surface area contributed by atoms with Gasteiger partial charge in [0.05, 0.1) is 59.6 Å². The molecule has 0 fully saturated rings. The van der Waals surface area contributed by atoms with Gasteiger partial charge in [-0.2, -0.15) is 0 Å². The zero-order valence-electron chi connectivity index (χ0n) is 58.8. The van der Waals surface area contributed by atoms with Crippen LogP contribution in [0.3, 0.4) is 0 Å². The molecule has 0 N–H and O–H groups in total. The highest BCUT2D eigenvalue weighted by molar-refractivity contribution is 7.26. The fourth-order valence-corrected chi connectivity index (χ4v) is 15.0. The number of aromatic nitrogens is 3. The van der Waals surface area contributed by atoms with Crippen LogP contribution in [0.1, 0.15) is 31.5 Å². The number of nitrogens with zero attached hydrogens (tertiary/aromatic N) is 3. The third-order valence-corrected chi connectivity index (χ3v) is 18.1. The Kier molecular flexibility index (Phi) is 5.79. The summed E-state index contributed by atoms with van der Waals surface area (Å²) >= 11 is 0.724. The summed E-state index contributed by atoms with van der Waals surface area (Å²) in [6, 6.07) is 21.3. The van der Waals surface area contributed by atoms with E-state index >= 15 is 0 Å². The standard InChI is InChI=1S/C64H43N3SSi/c1-4-22-47(23-5-1)69(48-24-6-2-7-25-48,49-26-8-3-9-27-49)50-40-38-44(39-41-50)64-65-57(46-21-18-20-45(42-46)51-32-19-33-55-54-30-13-17-37-62(54)68-63(51)55)43-58(66-64)56-31-12-16-36-61(56)67-59-34-14-10-28-52(59)53-29-11-15-35-60(53)67/h1-43H/i10D,11D,12D,13D,14D,15D,16D,17D,18D,19D,20D,21D,28D,29D,30D,31D,32D,33D,34D,35D,36D,37D,42D. The summed E-state index contributed by atoms with van der Waals surface area (Å²) in [7, 11) is -3.22. The zero-order chi connectivity index (χ0) is 65.7. The normalized spacial score (nSPS) is 16.4. The number of hydrogen-bond acceptors (Lipinski definition) is 3. The molecule has 3 heterocycles. The summed E-state index contributed by atoms with van der Waals surface area (Å²) in [5.74, 6) is -0.231. The minimum atomic E-state index is -3.22. The maximum absolute atomic E-state index is 10.1. The van der Waals surface area contributed by atoms with E-state index in [2.05, 4.69) is 36.4 Å². The van der Waals surface area contributed by atoms with Crippen LogP contribution in [-0.2, 0) is 0 Å². The summed E-state index contributed by atoms with van der Waals surface area (Å²) in [6.45, 7) is 0. The molecule has 0 unspecified atom stereocenters. The van der Waals surface area contributed by atoms with Crippen LogP contribution in [0.2, 0.25) is 0 Å². The van der Waals surface area contributed by atoms with Crippen LogP contribution in [-0.4, -0.2) is 22.6 Å². The molecule has 5 heteroatoms. The fourth-order valence-electron chi connectivity index (χ4n) is 9.17. The van der Waals surface area contributed by atoms with E-state index in [1.165, 1.54) is 0 Å². The third kappa shape index (κ3) is 6.85. The van der Waals surface area contributed by atoms with E-state index < -0.39 is 203 Å². The lowest BCUT2D eigenvalue weighted by Gasteiger charge is -2.34. The minimum Gasteiger partial charge on any atom is -0.309 e. The molecule has 3 aromatic heterocycles. The van der Waals surface area contributed by atoms with E-state index in [4.69, 9.17) is 27.8 Å². The summed E-state index contributed by atoms with van der Waals surface area (Å²) in [4.78, 5) is 9.99. The van der Waals surface area contributed by atoms with Crippen molar-refractivity contribution in [1.29, 1.82) is 0 Å². The van der Waals surface area contributed by atoms with Crippen LogP contribution in [0, 0.1) is 0 Å². The highest BCUT2D eigenvalue weighted by Crippen LogP contribution is 2.41. The van der Waals surface area contributed by atoms with Gasteiger partial charge >= 0.3 is 0 Å². The van der Waals surface area contributed by atoms with Crippen LogP contribution in [0.25, 0.3) is 92.7 Å². The maximum atomic E-state index is 10.1. The molecule has 0 spiro atoms. The first kappa shape index (κ1) is 23.5. The Labute approximate surface area is 438 Å². The van der Waals surface area contributed by atoms with Crippen LogP contribution in [0.4, 0.5) is 0 Å². The number of para-hydroxylation sites is 3. The Hall–Kier alpha value is -8.48. The second-order valence-electron chi connectivity index (χ2n) is 15.9. The number of rotatable bonds is 9. The van der Waals surface area contributed by atoms with Crippen molar-refractivity contribution in [2.75, 3.05) is 0 Å². The molecular formula is C64H43N3SSi. The first-order valence-electron chi connectivity index (χ1n) is 33.1. The Morgan fingerprint density at radius 2 is 0.913 bits per heavy atom. The second-order valence-corrected chi connectivity index (χ2v) is 20.7. The van der Waals surface area contributed by atoms with E-state index in [-0.39, 0.29) is 37.1 Å². The Morgan fingerprint density at radius 1 is 0.406 bits per heavy atom. The first-order chi connectivity index (χ1) is 43.8. The smallest absolute Gasteiger partial charge is 0.179 e. The SMILES string of the molecule is [2H]c1c([2H])c(-c2cc(-c3c([2H])c([2H])c([2H])c([2H])c3-n3c4c([2H])c([2H])c([2H])c([2H])c4c4c([2H])c([2H])c([2H])c([2H])c43)nc(-c3ccc([Si](c4ccccc4)(c4ccccc4)c4ccccc4)cc3)n2)c([2H])c(-c2c([2H])c([2H])c([2H])c3c2sc2c([2H])c([2H])c([2H])c([2H])c23)c1[2H]. The summed E-state index contributed by atoms with van der Waals surface area (Å²) in [5.41, 5.74) is -4.13. The molecule has 10 aromatic carbocycles. The molecule has 324 valence electrons. The van der Waals surface area contributed by atoms with Gasteiger partial charge in [0, 0.05) is 47.6 Å². The molecule has 0 aliphatic rings. The quantitative estimate of drug-likeness (QED) is 0.107. The predicted molar refractivity (Wildman–Crippen MR) is 295 cm³/mol. The Morgan fingerprint density at radius 3 is 1.58 bits per heavy atom. The molecule has 0 saturated carbocycles. The number of benzene rings is 10. The van der Waals surface area contributed by atoms with Gasteiger partial charge in [-0.25, -0.2) is 9.97 Å². The molecule has 13 aromatic rings. The number of fused-ring (bicyclic) bond motifs is 6. The highest BCUT2D eigenvalue weighted by atomic mass is 32.1. The monoisotopic (exact) mass is 936 g/mol. The lowest BCUT2D eigenvalue weighted by molar-refractivity contribution is 1.15. The van der Waals surface area contributed by atoms with Crippen molar-refractivity contribution in [3.05, 3.63) is 260 Å². The molecule has 0 atom stereocenters. The lowest BCUT2D eigenvalue weighted by Crippen LogP contribution is -2.74. The van der Waals surface area contributed by atoms with E-state index in [1.54, 1.807) is 12.1 Å². The second kappa shape index (κ2) is 17.0. The van der Waals surface area contributed by atoms with Crippen LogP contribution in [0.5, 0.6) is 0 Å². The summed E-state index contributed by atoms with van der Waals surface area (Å²) in [6.07, 6.45) is 0. The van der Waals surface area contributed by atoms with Crippen molar-refractivity contribution in [2.45, 2.75) is 0 Å². The van der Waals surface area contributed by atoms with Crippen LogP contribution in [0.15, 0.2) is 260 Å². The maximum Gasteiger partial charge on any atom is 0.179 e. The highest BCUT2D eigenvalue weighted by Gasteiger charge is 2.41. The predicted octanol–water partition coefficient (Wildman–Crippen LogP) is 14.0. The van der Waals surface area contributed by atoms with Gasteiger partial charge in [-0.05, 0) is 68.2 Å². The molecule has 0 aliphatic carbocycles. The van der Waals surface area contributed by atoms with Gasteiger partial charge < -0.3 is 4.57 Å². The zero-order valence-corrected chi connectivity index (χ0v) is 37.6. The van der Waals surface area contributed by atoms with Gasteiger partial charge in [0.15, 0.2) is 13.9 Å². The molecule has 3 nitrogen and oxygen atoms in total. The van der Waals surface area contributed by atoms with Crippen molar-refractivity contribution in [3.63, 3.8) is 0 Å². The minimum absolute atomic E-state index is 0.0582. The fraction of sp³-hybridized carbons (Fsp3) is 0. The Bertz CT molecular complexity index is 5200. The average molecular weight is 937 g/mol. The molecule has 0 amide bonds. The molecule has 69 heavy (non-hydrogen) atoms. The first-order valence-corrected chi connectivity index (χ1v) is 24.4. The molecular weight excluding hydrogens is 871 g/mol. The molecule has 0 bridgehead atoms. The van der Waals surface area contributed by atoms with Gasteiger partial charge in [-0.1, -0.05) is 224 Å². The van der Waals surface area contributed by atoms with E-state index in [0.717, 1.165) is 42.7 Å². The topological polar surface area (TPSA) is 30.7 Å². The molecule has 0 aliphatic heterocycles. The van der Waals surface area contributed by atoms with E-state index in [9.17, 15) is 13.7 Å². The number of thiophene rings is 1. The average Bonchev–Trinajstić information content (AvgIpc) is 1.49. The molecule has 0 radical (unpaired) electrons. The van der Waals surface area contributed by atoms with Gasteiger partial charge in [-0.15, -0.1) is 11.3 Å². The number of hydrogen-bond donors (Lipinski definition) is 0. The van der Waals surface area contributed by atoms with Crippen LogP contribution >= 0.6 is 11.3 Å². The van der Waals surface area contributed by atoms with Crippen molar-refractivity contribution >= 4 is 82.1 Å². The third-order valence-electron chi connectivity index (χ3n) is 12.2. The van der Waals surface area contributed by atoms with Gasteiger partial charge in [0.1, 0.15) is 0 Å². The van der Waals surface area contributed by atoms with Crippen molar-refractivity contribution in [2.24, 2.45) is 0 Å². The summed E-state index contributed by atoms with van der Waals surface area (Å²) < 4.78 is 212. The molecule has 13 rings (SSSR count). The Balaban J connectivity index is 1.17. The van der Waals surface area contributed by atoms with Gasteiger partial charge in [0.25, 0.3) is 0 Å². The van der Waals surface area contributed by atoms with Crippen molar-refractivity contribution in [3.8, 4) is 50.7 Å². The van der Waals surface area contributed by atoms with Crippen molar-refractivity contribution in [1.82, 2.24) is 14.5 Å². The van der Waals surface area contributed by atoms with Gasteiger partial charge in [-0.3, -0.25) is 0 Å². The van der Waals surface area contributed by atoms with E-state index in [1.807, 2.05) is 66.7 Å². The van der Waals surface area contributed by atoms with E-state index in [0.29, 0.717) is 0 Å². The lowest BCUT2D eigenvalue weighted by atomic mass is 9.99. The van der Waals surface area contributed by atoms with Crippen LogP contribution < -0.4 is 20.7 Å². The van der Waals surface area contributed by atoms with Crippen molar-refractivity contribution < 1.29 is 31.5 Å². The largest absolute Gasteiger partial charge is 0.309 e. The summed E-state index contributed by atoms with van der Waals surface area (Å²) in [5, 5.41) is 2.83. The van der Waals surface area contributed by atoms with Gasteiger partial charge in [0.2, 0.25) is 0 Å². The molecule has 0 saturated heterocycles.